The third kappa shape index (κ3) is 3.22. The molecule has 0 radical (unpaired) electrons. The van der Waals surface area contributed by atoms with E-state index in [2.05, 4.69) is 26.5 Å². The Hall–Kier alpha value is -1.53. The molecule has 21 heavy (non-hydrogen) atoms. The molecule has 108 valence electrons. The van der Waals surface area contributed by atoms with E-state index in [0.29, 0.717) is 14.9 Å². The molecule has 1 aliphatic carbocycles. The molecule has 0 saturated carbocycles. The van der Waals surface area contributed by atoms with Crippen molar-refractivity contribution in [2.45, 2.75) is 19.3 Å². The molecule has 0 fully saturated rings. The summed E-state index contributed by atoms with van der Waals surface area (Å²) in [6.45, 7) is 0. The molecule has 1 aromatic heterocycles. The number of halogens is 2. The molecule has 0 spiro atoms. The average molecular weight is 367 g/mol. The molecule has 6 heteroatoms. The fourth-order valence-corrected chi connectivity index (χ4v) is 3.74. The Bertz CT molecular complexity index is 705. The number of hydrazone groups is 1. The van der Waals surface area contributed by atoms with Gasteiger partial charge in [-0.25, -0.2) is 9.82 Å². The lowest BCUT2D eigenvalue weighted by atomic mass is 10.2. The molecule has 1 aromatic carbocycles. The van der Waals surface area contributed by atoms with Crippen LogP contribution in [0.3, 0.4) is 0 Å². The van der Waals surface area contributed by atoms with Crippen molar-refractivity contribution < 1.29 is 9.18 Å². The van der Waals surface area contributed by atoms with Gasteiger partial charge in [0.05, 0.1) is 11.1 Å². The maximum atomic E-state index is 13.6. The lowest BCUT2D eigenvalue weighted by Gasteiger charge is -1.98. The van der Waals surface area contributed by atoms with Crippen molar-refractivity contribution in [3.8, 4) is 0 Å². The van der Waals surface area contributed by atoms with Crippen LogP contribution in [0.1, 0.15) is 32.1 Å². The van der Waals surface area contributed by atoms with Gasteiger partial charge < -0.3 is 0 Å². The van der Waals surface area contributed by atoms with E-state index in [1.165, 1.54) is 40.5 Å². The van der Waals surface area contributed by atoms with Crippen LogP contribution in [0.2, 0.25) is 0 Å². The molecular weight excluding hydrogens is 355 g/mol. The highest BCUT2D eigenvalue weighted by Gasteiger charge is 2.18. The first-order valence-corrected chi connectivity index (χ1v) is 8.14. The molecule has 1 N–H and O–H groups in total. The first-order valence-electron chi connectivity index (χ1n) is 6.53. The Morgan fingerprint density at radius 3 is 3.00 bits per heavy atom. The summed E-state index contributed by atoms with van der Waals surface area (Å²) in [4.78, 5) is 13.9. The van der Waals surface area contributed by atoms with E-state index < -0.39 is 5.82 Å². The first-order chi connectivity index (χ1) is 10.1. The predicted octanol–water partition coefficient (Wildman–Crippen LogP) is 3.90. The lowest BCUT2D eigenvalue weighted by molar-refractivity contribution is 0.0959. The molecule has 1 amide bonds. The van der Waals surface area contributed by atoms with Crippen molar-refractivity contribution in [3.63, 3.8) is 0 Å². The third-order valence-corrected chi connectivity index (χ3v) is 5.03. The van der Waals surface area contributed by atoms with Gasteiger partial charge in [0.15, 0.2) is 0 Å². The number of aryl methyl sites for hydroxylation is 2. The highest BCUT2D eigenvalue weighted by atomic mass is 79.9. The van der Waals surface area contributed by atoms with Crippen LogP contribution in [0, 0.1) is 5.82 Å². The number of thiophene rings is 1. The standard InChI is InChI=1S/C15H12BrFN2OS/c16-11-5-4-10(12(17)7-11)8-18-19-15(20)14-6-9-2-1-3-13(9)21-14/h4-8H,1-3H2,(H,19,20)/b18-8-. The normalized spacial score (nSPS) is 13.6. The van der Waals surface area contributed by atoms with E-state index in [-0.39, 0.29) is 5.91 Å². The van der Waals surface area contributed by atoms with E-state index in [1.54, 1.807) is 12.1 Å². The van der Waals surface area contributed by atoms with Crippen LogP contribution < -0.4 is 5.43 Å². The summed E-state index contributed by atoms with van der Waals surface area (Å²) in [5.41, 5.74) is 4.04. The summed E-state index contributed by atoms with van der Waals surface area (Å²) in [6.07, 6.45) is 4.58. The zero-order chi connectivity index (χ0) is 14.8. The second kappa shape index (κ2) is 6.07. The molecule has 0 unspecified atom stereocenters. The Kier molecular flexibility index (Phi) is 4.17. The fourth-order valence-electron chi connectivity index (χ4n) is 2.26. The monoisotopic (exact) mass is 366 g/mol. The van der Waals surface area contributed by atoms with Gasteiger partial charge in [0, 0.05) is 14.9 Å². The van der Waals surface area contributed by atoms with Crippen LogP contribution in [-0.4, -0.2) is 12.1 Å². The number of fused-ring (bicyclic) bond motifs is 1. The molecule has 0 atom stereocenters. The van der Waals surface area contributed by atoms with Crippen molar-refractivity contribution in [2.24, 2.45) is 5.10 Å². The Morgan fingerprint density at radius 1 is 1.38 bits per heavy atom. The summed E-state index contributed by atoms with van der Waals surface area (Å²) in [5.74, 6) is -0.638. The smallest absolute Gasteiger partial charge is 0.266 e. The third-order valence-electron chi connectivity index (χ3n) is 3.30. The summed E-state index contributed by atoms with van der Waals surface area (Å²) in [7, 11) is 0. The van der Waals surface area contributed by atoms with E-state index in [4.69, 9.17) is 0 Å². The van der Waals surface area contributed by atoms with Crippen LogP contribution in [0.25, 0.3) is 0 Å². The number of amides is 1. The molecule has 0 saturated heterocycles. The van der Waals surface area contributed by atoms with Crippen LogP contribution in [0.4, 0.5) is 4.39 Å². The maximum absolute atomic E-state index is 13.6. The lowest BCUT2D eigenvalue weighted by Crippen LogP contribution is -2.16. The van der Waals surface area contributed by atoms with Gasteiger partial charge in [0.25, 0.3) is 5.91 Å². The zero-order valence-electron chi connectivity index (χ0n) is 11.0. The number of nitrogens with zero attached hydrogens (tertiary/aromatic N) is 1. The minimum atomic E-state index is -0.391. The number of hydrogen-bond donors (Lipinski definition) is 1. The number of carbonyl (C=O) groups is 1. The summed E-state index contributed by atoms with van der Waals surface area (Å²) < 4.78 is 14.2. The van der Waals surface area contributed by atoms with Gasteiger partial charge >= 0.3 is 0 Å². The Labute approximate surface area is 134 Å². The molecule has 1 aliphatic rings. The Balaban J connectivity index is 1.66. The minimum absolute atomic E-state index is 0.247. The van der Waals surface area contributed by atoms with Gasteiger partial charge in [-0.2, -0.15) is 5.10 Å². The summed E-state index contributed by atoms with van der Waals surface area (Å²) >= 11 is 4.70. The summed E-state index contributed by atoms with van der Waals surface area (Å²) in [5, 5.41) is 3.82. The molecule has 3 rings (SSSR count). The molecule has 1 heterocycles. The Morgan fingerprint density at radius 2 is 2.24 bits per heavy atom. The summed E-state index contributed by atoms with van der Waals surface area (Å²) in [6, 6.07) is 6.59. The second-order valence-corrected chi connectivity index (χ2v) is 6.83. The fraction of sp³-hybridized carbons (Fsp3) is 0.200. The van der Waals surface area contributed by atoms with Gasteiger partial charge in [-0.05, 0) is 49.1 Å². The van der Waals surface area contributed by atoms with Gasteiger partial charge in [-0.1, -0.05) is 15.9 Å². The van der Waals surface area contributed by atoms with Gasteiger partial charge in [0.2, 0.25) is 0 Å². The van der Waals surface area contributed by atoms with Crippen molar-refractivity contribution in [2.75, 3.05) is 0 Å². The quantitative estimate of drug-likeness (QED) is 0.649. The van der Waals surface area contributed by atoms with Crippen molar-refractivity contribution in [1.29, 1.82) is 0 Å². The molecule has 3 nitrogen and oxygen atoms in total. The van der Waals surface area contributed by atoms with Gasteiger partial charge in [-0.3, -0.25) is 4.79 Å². The number of benzene rings is 1. The topological polar surface area (TPSA) is 41.5 Å². The average Bonchev–Trinajstić information content (AvgIpc) is 3.02. The number of rotatable bonds is 3. The van der Waals surface area contributed by atoms with Crippen LogP contribution in [0.5, 0.6) is 0 Å². The van der Waals surface area contributed by atoms with Gasteiger partial charge in [-0.15, -0.1) is 11.3 Å². The van der Waals surface area contributed by atoms with Crippen LogP contribution in [0.15, 0.2) is 33.8 Å². The number of nitrogens with one attached hydrogen (secondary N) is 1. The highest BCUT2D eigenvalue weighted by molar-refractivity contribution is 9.10. The predicted molar refractivity (Wildman–Crippen MR) is 85.5 cm³/mol. The van der Waals surface area contributed by atoms with Crippen LogP contribution in [-0.2, 0) is 12.8 Å². The van der Waals surface area contributed by atoms with E-state index >= 15 is 0 Å². The molecule has 0 bridgehead atoms. The van der Waals surface area contributed by atoms with Gasteiger partial charge in [0.1, 0.15) is 5.82 Å². The highest BCUT2D eigenvalue weighted by Crippen LogP contribution is 2.30. The van der Waals surface area contributed by atoms with E-state index in [1.807, 2.05) is 6.07 Å². The van der Waals surface area contributed by atoms with Crippen molar-refractivity contribution >= 4 is 39.4 Å². The van der Waals surface area contributed by atoms with E-state index in [9.17, 15) is 9.18 Å². The second-order valence-electron chi connectivity index (χ2n) is 4.78. The number of hydrogen-bond acceptors (Lipinski definition) is 3. The molecule has 2 aromatic rings. The molecule has 0 aliphatic heterocycles. The largest absolute Gasteiger partial charge is 0.281 e. The SMILES string of the molecule is O=C(N/N=C\c1ccc(Br)cc1F)c1cc2c(s1)CCC2. The van der Waals surface area contributed by atoms with E-state index in [0.717, 1.165) is 12.8 Å². The number of carbonyl (C=O) groups excluding carboxylic acids is 1. The molecular formula is C15H12BrFN2OS. The zero-order valence-corrected chi connectivity index (χ0v) is 13.4. The minimum Gasteiger partial charge on any atom is -0.266 e. The van der Waals surface area contributed by atoms with Crippen LogP contribution >= 0.6 is 27.3 Å². The maximum Gasteiger partial charge on any atom is 0.281 e. The first kappa shape index (κ1) is 14.4. The van der Waals surface area contributed by atoms with Crippen molar-refractivity contribution in [3.05, 3.63) is 55.4 Å². The van der Waals surface area contributed by atoms with Crippen molar-refractivity contribution in [1.82, 2.24) is 5.43 Å².